The zero-order chi connectivity index (χ0) is 22.6. The fourth-order valence-corrected chi connectivity index (χ4v) is 3.76. The Morgan fingerprint density at radius 2 is 1.71 bits per heavy atom. The number of rotatable bonds is 7. The topological polar surface area (TPSA) is 78.3 Å². The van der Waals surface area contributed by atoms with Crippen LogP contribution in [0.3, 0.4) is 0 Å². The zero-order valence-electron chi connectivity index (χ0n) is 18.7. The van der Waals surface area contributed by atoms with Crippen LogP contribution in [0.4, 0.5) is 5.69 Å². The number of hydrogen-bond acceptors (Lipinski definition) is 6. The number of ether oxygens (including phenoxy) is 2. The van der Waals surface area contributed by atoms with Gasteiger partial charge in [0.2, 0.25) is 5.91 Å². The van der Waals surface area contributed by atoms with Crippen LogP contribution in [0, 0.1) is 0 Å². The first-order valence-electron chi connectivity index (χ1n) is 9.88. The molecule has 0 bridgehead atoms. The molecule has 7 nitrogen and oxygen atoms in total. The van der Waals surface area contributed by atoms with E-state index in [4.69, 9.17) is 9.47 Å². The van der Waals surface area contributed by atoms with E-state index in [1.54, 1.807) is 32.4 Å². The van der Waals surface area contributed by atoms with Crippen LogP contribution in [-0.4, -0.2) is 40.6 Å². The van der Waals surface area contributed by atoms with Crippen molar-refractivity contribution in [2.24, 2.45) is 7.05 Å². The number of benzene rings is 2. The van der Waals surface area contributed by atoms with E-state index in [0.717, 1.165) is 11.4 Å². The van der Waals surface area contributed by atoms with E-state index in [-0.39, 0.29) is 17.1 Å². The van der Waals surface area contributed by atoms with Gasteiger partial charge in [0.15, 0.2) is 22.5 Å². The summed E-state index contributed by atoms with van der Waals surface area (Å²) in [4.78, 5) is 12.4. The molecule has 164 valence electrons. The Morgan fingerprint density at radius 3 is 2.32 bits per heavy atom. The maximum atomic E-state index is 12.4. The second-order valence-corrected chi connectivity index (χ2v) is 9.04. The van der Waals surface area contributed by atoms with Gasteiger partial charge in [0.25, 0.3) is 0 Å². The molecule has 0 fully saturated rings. The smallest absolute Gasteiger partial charge is 0.234 e. The molecule has 8 heteroatoms. The Kier molecular flexibility index (Phi) is 6.90. The van der Waals surface area contributed by atoms with Crippen LogP contribution in [0.1, 0.15) is 26.3 Å². The van der Waals surface area contributed by atoms with Crippen molar-refractivity contribution in [3.8, 4) is 22.9 Å². The summed E-state index contributed by atoms with van der Waals surface area (Å²) >= 11 is 1.34. The number of thioether (sulfide) groups is 1. The molecule has 0 saturated heterocycles. The number of nitrogens with one attached hydrogen (secondary N) is 1. The molecule has 31 heavy (non-hydrogen) atoms. The third-order valence-corrected chi connectivity index (χ3v) is 5.86. The Morgan fingerprint density at radius 1 is 1.03 bits per heavy atom. The van der Waals surface area contributed by atoms with Crippen LogP contribution in [0.15, 0.2) is 47.6 Å². The number of nitrogens with zero attached hydrogens (tertiary/aromatic N) is 3. The molecule has 0 saturated carbocycles. The van der Waals surface area contributed by atoms with Crippen LogP contribution in [0.25, 0.3) is 11.4 Å². The van der Waals surface area contributed by atoms with Gasteiger partial charge in [-0.3, -0.25) is 4.79 Å². The molecular weight excluding hydrogens is 412 g/mol. The molecule has 3 aromatic rings. The first kappa shape index (κ1) is 22.7. The fraction of sp³-hybridized carbons (Fsp3) is 0.348. The Bertz CT molecular complexity index is 1060. The maximum absolute atomic E-state index is 12.4. The highest BCUT2D eigenvalue weighted by Gasteiger charge is 2.16. The summed E-state index contributed by atoms with van der Waals surface area (Å²) < 4.78 is 12.4. The van der Waals surface area contributed by atoms with Gasteiger partial charge >= 0.3 is 0 Å². The third kappa shape index (κ3) is 5.38. The van der Waals surface area contributed by atoms with Gasteiger partial charge in [-0.05, 0) is 23.1 Å². The lowest BCUT2D eigenvalue weighted by molar-refractivity contribution is -0.113. The van der Waals surface area contributed by atoms with Gasteiger partial charge in [0, 0.05) is 24.4 Å². The van der Waals surface area contributed by atoms with Gasteiger partial charge in [-0.2, -0.15) is 0 Å². The Labute approximate surface area is 187 Å². The summed E-state index contributed by atoms with van der Waals surface area (Å²) in [5, 5.41) is 12.1. The molecule has 0 radical (unpaired) electrons. The lowest BCUT2D eigenvalue weighted by Gasteiger charge is -2.19. The summed E-state index contributed by atoms with van der Waals surface area (Å²) in [6.07, 6.45) is 0. The third-order valence-electron chi connectivity index (χ3n) is 4.84. The van der Waals surface area contributed by atoms with Gasteiger partial charge in [-0.25, -0.2) is 0 Å². The molecule has 0 spiro atoms. The van der Waals surface area contributed by atoms with Crippen molar-refractivity contribution in [3.63, 3.8) is 0 Å². The zero-order valence-corrected chi connectivity index (χ0v) is 19.5. The fourth-order valence-electron chi connectivity index (χ4n) is 3.05. The molecule has 0 aliphatic carbocycles. The van der Waals surface area contributed by atoms with E-state index in [1.165, 1.54) is 17.3 Å². The van der Waals surface area contributed by atoms with Crippen LogP contribution in [-0.2, 0) is 17.3 Å². The summed E-state index contributed by atoms with van der Waals surface area (Å²) in [7, 11) is 5.03. The van der Waals surface area contributed by atoms with Gasteiger partial charge < -0.3 is 19.4 Å². The molecular formula is C23H28N4O3S. The summed E-state index contributed by atoms with van der Waals surface area (Å²) in [6, 6.07) is 13.6. The van der Waals surface area contributed by atoms with Crippen LogP contribution in [0.5, 0.6) is 11.5 Å². The highest BCUT2D eigenvalue weighted by molar-refractivity contribution is 7.99. The minimum Gasteiger partial charge on any atom is -0.493 e. The average molecular weight is 441 g/mol. The quantitative estimate of drug-likeness (QED) is 0.544. The van der Waals surface area contributed by atoms with E-state index in [1.807, 2.05) is 11.6 Å². The SMILES string of the molecule is COc1ccc(NC(=O)CSc2nnc(-c3ccc(C(C)(C)C)cc3)n2C)cc1OC. The summed E-state index contributed by atoms with van der Waals surface area (Å²) in [6.45, 7) is 6.56. The van der Waals surface area contributed by atoms with E-state index in [9.17, 15) is 4.79 Å². The van der Waals surface area contributed by atoms with Crippen molar-refractivity contribution in [2.75, 3.05) is 25.3 Å². The van der Waals surface area contributed by atoms with Gasteiger partial charge in [0.05, 0.1) is 20.0 Å². The first-order valence-corrected chi connectivity index (χ1v) is 10.9. The van der Waals surface area contributed by atoms with Crippen molar-refractivity contribution in [1.29, 1.82) is 0 Å². The molecule has 0 aliphatic heterocycles. The Hall–Kier alpha value is -3.00. The van der Waals surface area contributed by atoms with Gasteiger partial charge in [-0.1, -0.05) is 56.8 Å². The summed E-state index contributed by atoms with van der Waals surface area (Å²) in [5.74, 6) is 2.00. The maximum Gasteiger partial charge on any atom is 0.234 e. The van der Waals surface area contributed by atoms with E-state index in [2.05, 4.69) is 60.6 Å². The number of methoxy groups -OCH3 is 2. The highest BCUT2D eigenvalue weighted by atomic mass is 32.2. The number of anilines is 1. The van der Waals surface area contributed by atoms with Crippen LogP contribution >= 0.6 is 11.8 Å². The van der Waals surface area contributed by atoms with E-state index >= 15 is 0 Å². The van der Waals surface area contributed by atoms with Crippen molar-refractivity contribution < 1.29 is 14.3 Å². The van der Waals surface area contributed by atoms with E-state index < -0.39 is 0 Å². The standard InChI is InChI=1S/C23H28N4O3S/c1-23(2,3)16-9-7-15(8-10-16)21-25-26-22(27(21)4)31-14-20(28)24-17-11-12-18(29-5)19(13-17)30-6/h7-13H,14H2,1-6H3,(H,24,28). The molecule has 1 heterocycles. The minimum absolute atomic E-state index is 0.0979. The molecule has 2 aromatic carbocycles. The minimum atomic E-state index is -0.142. The number of aromatic nitrogens is 3. The molecule has 1 amide bonds. The lowest BCUT2D eigenvalue weighted by atomic mass is 9.87. The average Bonchev–Trinajstić information content (AvgIpc) is 3.12. The molecule has 0 atom stereocenters. The predicted octanol–water partition coefficient (Wildman–Crippen LogP) is 4.53. The monoisotopic (exact) mass is 440 g/mol. The Balaban J connectivity index is 1.64. The molecule has 1 N–H and O–H groups in total. The predicted molar refractivity (Wildman–Crippen MR) is 124 cm³/mol. The normalized spacial score (nSPS) is 11.3. The molecule has 0 aliphatic rings. The largest absolute Gasteiger partial charge is 0.493 e. The second kappa shape index (κ2) is 9.43. The van der Waals surface area contributed by atoms with Crippen molar-refractivity contribution in [3.05, 3.63) is 48.0 Å². The first-order chi connectivity index (χ1) is 14.7. The van der Waals surface area contributed by atoms with E-state index in [0.29, 0.717) is 22.3 Å². The molecule has 0 unspecified atom stereocenters. The number of hydrogen-bond donors (Lipinski definition) is 1. The van der Waals surface area contributed by atoms with Gasteiger partial charge in [-0.15, -0.1) is 10.2 Å². The molecule has 3 rings (SSSR count). The van der Waals surface area contributed by atoms with Crippen molar-refractivity contribution in [2.45, 2.75) is 31.3 Å². The number of carbonyl (C=O) groups is 1. The van der Waals surface area contributed by atoms with Crippen LogP contribution < -0.4 is 14.8 Å². The lowest BCUT2D eigenvalue weighted by Crippen LogP contribution is -2.14. The summed E-state index contributed by atoms with van der Waals surface area (Å²) in [5.41, 5.74) is 2.99. The van der Waals surface area contributed by atoms with Crippen molar-refractivity contribution in [1.82, 2.24) is 14.8 Å². The number of carbonyl (C=O) groups excluding carboxylic acids is 1. The molecule has 1 aromatic heterocycles. The number of amides is 1. The van der Waals surface area contributed by atoms with Gasteiger partial charge in [0.1, 0.15) is 0 Å². The van der Waals surface area contributed by atoms with Crippen LogP contribution in [0.2, 0.25) is 0 Å². The second-order valence-electron chi connectivity index (χ2n) is 8.10. The highest BCUT2D eigenvalue weighted by Crippen LogP contribution is 2.30. The van der Waals surface area contributed by atoms with Crippen molar-refractivity contribution >= 4 is 23.4 Å².